The molecule has 1 amide bonds. The van der Waals surface area contributed by atoms with Crippen molar-refractivity contribution in [1.29, 1.82) is 0 Å². The molecule has 2 aromatic rings. The molecule has 0 aromatic heterocycles. The molecule has 0 bridgehead atoms. The van der Waals surface area contributed by atoms with Crippen LogP contribution in [0.1, 0.15) is 6.92 Å². The van der Waals surface area contributed by atoms with Crippen LogP contribution in [0.25, 0.3) is 0 Å². The van der Waals surface area contributed by atoms with Crippen molar-refractivity contribution in [2.75, 3.05) is 25.5 Å². The number of benzene rings is 2. The summed E-state index contributed by atoms with van der Waals surface area (Å²) in [6.07, 6.45) is -0.169. The molecule has 0 fully saturated rings. The molecule has 0 heterocycles. The predicted molar refractivity (Wildman–Crippen MR) is 101 cm³/mol. The Hall–Kier alpha value is -3.09. The molecular weight excluding hydrogens is 335 g/mol. The molecule has 0 radical (unpaired) electrons. The molecule has 138 valence electrons. The normalized spacial score (nSPS) is 12.2. The smallest absolute Gasteiger partial charge is 0.243 e. The largest absolute Gasteiger partial charge is 0.489 e. The van der Waals surface area contributed by atoms with Gasteiger partial charge in [0.25, 0.3) is 0 Å². The monoisotopic (exact) mass is 358 g/mol. The van der Waals surface area contributed by atoms with Gasteiger partial charge < -0.3 is 20.7 Å². The number of hydrogen-bond donors (Lipinski definition) is 3. The average Bonchev–Trinajstić information content (AvgIpc) is 2.64. The molecular formula is C19H23FN4O2. The number of halogens is 1. The number of carbonyl (C=O) groups is 1. The van der Waals surface area contributed by atoms with Gasteiger partial charge in [-0.3, -0.25) is 9.79 Å². The molecule has 2 rings (SSSR count). The number of carbonyl (C=O) groups excluding carboxylic acids is 1. The van der Waals surface area contributed by atoms with Crippen LogP contribution < -0.4 is 20.7 Å². The maximum atomic E-state index is 12.9. The predicted octanol–water partition coefficient (Wildman–Crippen LogP) is 2.40. The molecule has 3 N–H and O–H groups in total. The molecule has 0 saturated carbocycles. The van der Waals surface area contributed by atoms with Crippen molar-refractivity contribution in [3.05, 3.63) is 60.4 Å². The van der Waals surface area contributed by atoms with E-state index in [1.807, 2.05) is 37.3 Å². The molecule has 0 aliphatic heterocycles. The van der Waals surface area contributed by atoms with E-state index in [0.717, 1.165) is 5.69 Å². The molecule has 6 nitrogen and oxygen atoms in total. The van der Waals surface area contributed by atoms with Crippen LogP contribution in [-0.2, 0) is 4.79 Å². The third kappa shape index (κ3) is 6.80. The number of aliphatic imine (C=N–C) groups is 1. The molecule has 2 aromatic carbocycles. The van der Waals surface area contributed by atoms with E-state index in [1.54, 1.807) is 19.2 Å². The Balaban J connectivity index is 1.71. The Bertz CT molecular complexity index is 720. The second kappa shape index (κ2) is 10.0. The van der Waals surface area contributed by atoms with Crippen molar-refractivity contribution in [2.24, 2.45) is 4.99 Å². The topological polar surface area (TPSA) is 74.8 Å². The standard InChI is InChI=1S/C19H23FN4O2/c1-14(26-17-10-8-15(20)9-11-17)12-22-19(21-2)23-13-18(25)24-16-6-4-3-5-7-16/h3-11,14H,12-13H2,1-2H3,(H,24,25)(H2,21,22,23). The second-order valence-electron chi connectivity index (χ2n) is 5.60. The summed E-state index contributed by atoms with van der Waals surface area (Å²) < 4.78 is 18.6. The molecule has 0 aliphatic carbocycles. The van der Waals surface area contributed by atoms with E-state index >= 15 is 0 Å². The second-order valence-corrected chi connectivity index (χ2v) is 5.60. The van der Waals surface area contributed by atoms with Gasteiger partial charge in [0.2, 0.25) is 5.91 Å². The van der Waals surface area contributed by atoms with Crippen molar-refractivity contribution in [1.82, 2.24) is 10.6 Å². The molecule has 7 heteroatoms. The molecule has 1 atom stereocenters. The van der Waals surface area contributed by atoms with Gasteiger partial charge in [0.1, 0.15) is 17.7 Å². The van der Waals surface area contributed by atoms with Gasteiger partial charge in [-0.1, -0.05) is 18.2 Å². The van der Waals surface area contributed by atoms with E-state index in [4.69, 9.17) is 4.74 Å². The zero-order chi connectivity index (χ0) is 18.8. The average molecular weight is 358 g/mol. The number of hydrogen-bond acceptors (Lipinski definition) is 3. The van der Waals surface area contributed by atoms with Crippen LogP contribution in [0.3, 0.4) is 0 Å². The lowest BCUT2D eigenvalue weighted by Gasteiger charge is -2.17. The van der Waals surface area contributed by atoms with Gasteiger partial charge in [0.15, 0.2) is 5.96 Å². The summed E-state index contributed by atoms with van der Waals surface area (Å²) in [4.78, 5) is 16.0. The summed E-state index contributed by atoms with van der Waals surface area (Å²) in [5.74, 6) is 0.602. The number of anilines is 1. The lowest BCUT2D eigenvalue weighted by molar-refractivity contribution is -0.115. The summed E-state index contributed by atoms with van der Waals surface area (Å²) >= 11 is 0. The first kappa shape index (κ1) is 19.2. The fourth-order valence-corrected chi connectivity index (χ4v) is 2.14. The first-order valence-corrected chi connectivity index (χ1v) is 8.28. The summed E-state index contributed by atoms with van der Waals surface area (Å²) in [6.45, 7) is 2.44. The SMILES string of the molecule is CN=C(NCC(=O)Nc1ccccc1)NCC(C)Oc1ccc(F)cc1. The number of guanidine groups is 1. The van der Waals surface area contributed by atoms with E-state index in [9.17, 15) is 9.18 Å². The fraction of sp³-hybridized carbons (Fsp3) is 0.263. The number of amides is 1. The van der Waals surface area contributed by atoms with E-state index < -0.39 is 0 Å². The molecule has 0 saturated heterocycles. The van der Waals surface area contributed by atoms with Crippen molar-refractivity contribution in [3.63, 3.8) is 0 Å². The van der Waals surface area contributed by atoms with Gasteiger partial charge in [-0.2, -0.15) is 0 Å². The van der Waals surface area contributed by atoms with Crippen molar-refractivity contribution in [2.45, 2.75) is 13.0 Å². The van der Waals surface area contributed by atoms with E-state index in [1.165, 1.54) is 12.1 Å². The third-order valence-corrected chi connectivity index (χ3v) is 3.41. The van der Waals surface area contributed by atoms with E-state index in [-0.39, 0.29) is 24.4 Å². The first-order valence-electron chi connectivity index (χ1n) is 8.28. The summed E-state index contributed by atoms with van der Waals surface area (Å²) in [5, 5.41) is 8.80. The maximum Gasteiger partial charge on any atom is 0.243 e. The molecule has 0 aliphatic rings. The highest BCUT2D eigenvalue weighted by Gasteiger charge is 2.08. The van der Waals surface area contributed by atoms with Crippen molar-refractivity contribution in [3.8, 4) is 5.75 Å². The maximum absolute atomic E-state index is 12.9. The van der Waals surface area contributed by atoms with Gasteiger partial charge in [-0.25, -0.2) is 4.39 Å². The van der Waals surface area contributed by atoms with Gasteiger partial charge >= 0.3 is 0 Å². The van der Waals surface area contributed by atoms with Crippen molar-refractivity contribution >= 4 is 17.6 Å². The third-order valence-electron chi connectivity index (χ3n) is 3.41. The minimum absolute atomic E-state index is 0.0851. The summed E-state index contributed by atoms with van der Waals surface area (Å²) in [6, 6.07) is 15.1. The van der Waals surface area contributed by atoms with Crippen LogP contribution in [0.5, 0.6) is 5.75 Å². The van der Waals surface area contributed by atoms with Crippen LogP contribution in [0, 0.1) is 5.82 Å². The van der Waals surface area contributed by atoms with Crippen LogP contribution in [0.2, 0.25) is 0 Å². The highest BCUT2D eigenvalue weighted by molar-refractivity contribution is 5.94. The van der Waals surface area contributed by atoms with Crippen LogP contribution in [0.4, 0.5) is 10.1 Å². The highest BCUT2D eigenvalue weighted by atomic mass is 19.1. The highest BCUT2D eigenvalue weighted by Crippen LogP contribution is 2.12. The van der Waals surface area contributed by atoms with E-state index in [2.05, 4.69) is 20.9 Å². The minimum atomic E-state index is -0.304. The quantitative estimate of drug-likeness (QED) is 0.525. The lowest BCUT2D eigenvalue weighted by Crippen LogP contribution is -2.44. The molecule has 0 spiro atoms. The Morgan fingerprint density at radius 1 is 1.12 bits per heavy atom. The Labute approximate surface area is 152 Å². The zero-order valence-electron chi connectivity index (χ0n) is 14.8. The number of rotatable bonds is 7. The van der Waals surface area contributed by atoms with Gasteiger partial charge in [-0.15, -0.1) is 0 Å². The van der Waals surface area contributed by atoms with Gasteiger partial charge in [0.05, 0.1) is 13.1 Å². The Morgan fingerprint density at radius 2 is 1.81 bits per heavy atom. The number of ether oxygens (including phenoxy) is 1. The van der Waals surface area contributed by atoms with Gasteiger partial charge in [0, 0.05) is 12.7 Å². The fourth-order valence-electron chi connectivity index (χ4n) is 2.14. The summed E-state index contributed by atoms with van der Waals surface area (Å²) in [5.41, 5.74) is 0.739. The number of para-hydroxylation sites is 1. The van der Waals surface area contributed by atoms with Crippen LogP contribution >= 0.6 is 0 Å². The lowest BCUT2D eigenvalue weighted by atomic mass is 10.3. The summed E-state index contributed by atoms with van der Waals surface area (Å²) in [7, 11) is 1.62. The zero-order valence-corrected chi connectivity index (χ0v) is 14.8. The molecule has 1 unspecified atom stereocenters. The van der Waals surface area contributed by atoms with E-state index in [0.29, 0.717) is 18.3 Å². The Kier molecular flexibility index (Phi) is 7.42. The van der Waals surface area contributed by atoms with Crippen LogP contribution in [0.15, 0.2) is 59.6 Å². The minimum Gasteiger partial charge on any atom is -0.489 e. The van der Waals surface area contributed by atoms with Crippen molar-refractivity contribution < 1.29 is 13.9 Å². The number of nitrogens with one attached hydrogen (secondary N) is 3. The first-order chi connectivity index (χ1) is 12.6. The number of nitrogens with zero attached hydrogens (tertiary/aromatic N) is 1. The molecule has 26 heavy (non-hydrogen) atoms. The van der Waals surface area contributed by atoms with Crippen LogP contribution in [-0.4, -0.2) is 38.1 Å². The van der Waals surface area contributed by atoms with Gasteiger partial charge in [-0.05, 0) is 43.3 Å². The Morgan fingerprint density at radius 3 is 2.46 bits per heavy atom.